The summed E-state index contributed by atoms with van der Waals surface area (Å²) in [7, 11) is 5.81. The molecule has 1 aliphatic rings. The molecule has 0 saturated heterocycles. The summed E-state index contributed by atoms with van der Waals surface area (Å²) in [5.74, 6) is 1.52. The molecular weight excluding hydrogens is 524 g/mol. The third kappa shape index (κ3) is 7.05. The molecule has 0 fully saturated rings. The second kappa shape index (κ2) is 13.9. The van der Waals surface area contributed by atoms with E-state index in [1.807, 2.05) is 0 Å². The average Bonchev–Trinajstić information content (AvgIpc) is 2.95. The number of benzene rings is 2. The number of aliphatic hydroxyl groups excluding tert-OH is 1. The van der Waals surface area contributed by atoms with Gasteiger partial charge in [0.05, 0.1) is 52.9 Å². The van der Waals surface area contributed by atoms with Crippen molar-refractivity contribution < 1.29 is 43.1 Å². The molecule has 2 atom stereocenters. The SMILES string of the molecule is CCOc1cc([C@@H]2NC(=O)NC(C)=C2C(=O)OC)ccc1OC[C@H](O)N/N=C\c1cc(OC)c(OC)c(OC)c1. The number of esters is 1. The second-order valence-corrected chi connectivity index (χ2v) is 8.37. The quantitative estimate of drug-likeness (QED) is 0.124. The number of carbonyl (C=O) groups excluding carboxylic acids is 2. The highest BCUT2D eigenvalue weighted by Gasteiger charge is 2.32. The van der Waals surface area contributed by atoms with Crippen LogP contribution in [0.25, 0.3) is 0 Å². The van der Waals surface area contributed by atoms with Crippen LogP contribution in [0.1, 0.15) is 31.0 Å². The maximum Gasteiger partial charge on any atom is 0.337 e. The number of hydrazone groups is 1. The van der Waals surface area contributed by atoms with Crippen molar-refractivity contribution >= 4 is 18.2 Å². The normalized spacial score (nSPS) is 15.6. The van der Waals surface area contributed by atoms with Gasteiger partial charge >= 0.3 is 12.0 Å². The summed E-state index contributed by atoms with van der Waals surface area (Å²) in [5.41, 5.74) is 4.47. The van der Waals surface area contributed by atoms with Crippen LogP contribution >= 0.6 is 0 Å². The molecule has 0 saturated carbocycles. The number of nitrogens with one attached hydrogen (secondary N) is 3. The van der Waals surface area contributed by atoms with Gasteiger partial charge < -0.3 is 44.2 Å². The predicted octanol–water partition coefficient (Wildman–Crippen LogP) is 2.23. The van der Waals surface area contributed by atoms with E-state index in [2.05, 4.69) is 21.2 Å². The Labute approximate surface area is 232 Å². The molecular formula is C27H34N4O9. The Bertz CT molecular complexity index is 1250. The Kier molecular flexibility index (Phi) is 10.4. The number of carbonyl (C=O) groups is 2. The van der Waals surface area contributed by atoms with E-state index in [4.69, 9.17) is 28.4 Å². The standard InChI is InChI=1S/C27H34N4O9/c1-7-39-19-12-17(24-23(26(33)38-6)15(2)29-27(34)30-24)8-9-18(19)40-14-22(32)31-28-13-16-10-20(35-3)25(37-5)21(11-16)36-4/h8-13,22,24,31-32H,7,14H2,1-6H3,(H2,29,30,34)/b28-13-/t22-,24-/m0/s1. The highest BCUT2D eigenvalue weighted by molar-refractivity contribution is 5.95. The molecule has 0 aliphatic carbocycles. The van der Waals surface area contributed by atoms with Gasteiger partial charge in [0.15, 0.2) is 29.2 Å². The van der Waals surface area contributed by atoms with E-state index >= 15 is 0 Å². The van der Waals surface area contributed by atoms with Crippen molar-refractivity contribution in [2.45, 2.75) is 26.1 Å². The van der Waals surface area contributed by atoms with Crippen LogP contribution in [0, 0.1) is 0 Å². The Hall–Kier alpha value is -4.65. The predicted molar refractivity (Wildman–Crippen MR) is 145 cm³/mol. The molecule has 4 N–H and O–H groups in total. The summed E-state index contributed by atoms with van der Waals surface area (Å²) >= 11 is 0. The van der Waals surface area contributed by atoms with Crippen molar-refractivity contribution in [2.24, 2.45) is 5.10 Å². The van der Waals surface area contributed by atoms with Gasteiger partial charge in [-0.2, -0.15) is 5.10 Å². The van der Waals surface area contributed by atoms with E-state index in [1.165, 1.54) is 34.7 Å². The first-order chi connectivity index (χ1) is 19.3. The van der Waals surface area contributed by atoms with Crippen LogP contribution < -0.4 is 39.7 Å². The van der Waals surface area contributed by atoms with Crippen LogP contribution in [0.4, 0.5) is 4.79 Å². The van der Waals surface area contributed by atoms with Crippen LogP contribution in [-0.4, -0.2) is 71.2 Å². The molecule has 0 unspecified atom stereocenters. The van der Waals surface area contributed by atoms with Crippen molar-refractivity contribution in [3.8, 4) is 28.7 Å². The van der Waals surface area contributed by atoms with Gasteiger partial charge in [-0.15, -0.1) is 0 Å². The number of hydrogen-bond acceptors (Lipinski definition) is 11. The van der Waals surface area contributed by atoms with E-state index in [-0.39, 0.29) is 12.2 Å². The molecule has 0 aromatic heterocycles. The number of nitrogens with zero attached hydrogens (tertiary/aromatic N) is 1. The van der Waals surface area contributed by atoms with E-state index in [0.717, 1.165) is 0 Å². The summed E-state index contributed by atoms with van der Waals surface area (Å²) in [6, 6.07) is 7.18. The first-order valence-corrected chi connectivity index (χ1v) is 12.3. The number of urea groups is 1. The fourth-order valence-corrected chi connectivity index (χ4v) is 4.00. The Morgan fingerprint density at radius 2 is 1.75 bits per heavy atom. The van der Waals surface area contributed by atoms with Crippen molar-refractivity contribution in [3.05, 3.63) is 52.7 Å². The van der Waals surface area contributed by atoms with Gasteiger partial charge in [-0.3, -0.25) is 5.43 Å². The molecule has 1 aliphatic heterocycles. The zero-order chi connectivity index (χ0) is 29.2. The average molecular weight is 559 g/mol. The zero-order valence-corrected chi connectivity index (χ0v) is 23.2. The third-order valence-electron chi connectivity index (χ3n) is 5.80. The van der Waals surface area contributed by atoms with Crippen molar-refractivity contribution in [1.82, 2.24) is 16.1 Å². The van der Waals surface area contributed by atoms with Crippen LogP contribution in [0.2, 0.25) is 0 Å². The Balaban J connectivity index is 1.71. The lowest BCUT2D eigenvalue weighted by Crippen LogP contribution is -2.45. The maximum atomic E-state index is 12.4. The summed E-state index contributed by atoms with van der Waals surface area (Å²) in [6.45, 7) is 3.60. The van der Waals surface area contributed by atoms with E-state index < -0.39 is 24.3 Å². The van der Waals surface area contributed by atoms with Gasteiger partial charge in [0.1, 0.15) is 6.61 Å². The minimum atomic E-state index is -1.16. The van der Waals surface area contributed by atoms with Gasteiger partial charge in [-0.1, -0.05) is 6.07 Å². The topological polar surface area (TPSA) is 158 Å². The summed E-state index contributed by atoms with van der Waals surface area (Å²) in [5, 5.41) is 19.7. The molecule has 3 rings (SSSR count). The molecule has 2 amide bonds. The summed E-state index contributed by atoms with van der Waals surface area (Å²) in [6.07, 6.45) is 0.322. The monoisotopic (exact) mass is 558 g/mol. The maximum absolute atomic E-state index is 12.4. The van der Waals surface area contributed by atoms with Gasteiger partial charge in [0.25, 0.3) is 0 Å². The minimum Gasteiger partial charge on any atom is -0.493 e. The molecule has 1 heterocycles. The van der Waals surface area contributed by atoms with Crippen molar-refractivity contribution in [3.63, 3.8) is 0 Å². The molecule has 2 aromatic rings. The number of rotatable bonds is 13. The smallest absolute Gasteiger partial charge is 0.337 e. The molecule has 40 heavy (non-hydrogen) atoms. The van der Waals surface area contributed by atoms with Gasteiger partial charge in [0.2, 0.25) is 5.75 Å². The fourth-order valence-electron chi connectivity index (χ4n) is 4.00. The van der Waals surface area contributed by atoms with Gasteiger partial charge in [-0.05, 0) is 43.7 Å². The molecule has 0 bridgehead atoms. The number of ether oxygens (including phenoxy) is 6. The van der Waals surface area contributed by atoms with Gasteiger partial charge in [-0.25, -0.2) is 9.59 Å². The van der Waals surface area contributed by atoms with Crippen LogP contribution in [0.3, 0.4) is 0 Å². The fraction of sp³-hybridized carbons (Fsp3) is 0.370. The van der Waals surface area contributed by atoms with Crippen LogP contribution in [0.5, 0.6) is 28.7 Å². The zero-order valence-electron chi connectivity index (χ0n) is 23.2. The molecule has 0 radical (unpaired) electrons. The van der Waals surface area contributed by atoms with Crippen LogP contribution in [0.15, 0.2) is 46.7 Å². The van der Waals surface area contributed by atoms with Gasteiger partial charge in [0, 0.05) is 11.3 Å². The third-order valence-corrected chi connectivity index (χ3v) is 5.80. The number of aliphatic hydroxyl groups is 1. The minimum absolute atomic E-state index is 0.164. The molecule has 216 valence electrons. The lowest BCUT2D eigenvalue weighted by molar-refractivity contribution is -0.136. The highest BCUT2D eigenvalue weighted by Crippen LogP contribution is 2.38. The first kappa shape index (κ1) is 29.9. The lowest BCUT2D eigenvalue weighted by Gasteiger charge is -2.28. The van der Waals surface area contributed by atoms with Crippen molar-refractivity contribution in [1.29, 1.82) is 0 Å². The highest BCUT2D eigenvalue weighted by atomic mass is 16.5. The van der Waals surface area contributed by atoms with E-state index in [0.29, 0.717) is 52.2 Å². The van der Waals surface area contributed by atoms with Crippen LogP contribution in [-0.2, 0) is 9.53 Å². The molecule has 2 aromatic carbocycles. The largest absolute Gasteiger partial charge is 0.493 e. The number of allylic oxidation sites excluding steroid dienone is 1. The molecule has 13 heteroatoms. The molecule has 13 nitrogen and oxygen atoms in total. The first-order valence-electron chi connectivity index (χ1n) is 12.3. The lowest BCUT2D eigenvalue weighted by atomic mass is 9.95. The number of hydrogen-bond donors (Lipinski definition) is 4. The molecule has 0 spiro atoms. The van der Waals surface area contributed by atoms with E-state index in [1.54, 1.807) is 44.2 Å². The second-order valence-electron chi connectivity index (χ2n) is 8.37. The summed E-state index contributed by atoms with van der Waals surface area (Å²) in [4.78, 5) is 24.5. The van der Waals surface area contributed by atoms with Crippen molar-refractivity contribution in [2.75, 3.05) is 41.7 Å². The number of amides is 2. The Morgan fingerprint density at radius 3 is 2.35 bits per heavy atom. The van der Waals surface area contributed by atoms with E-state index in [9.17, 15) is 14.7 Å². The Morgan fingerprint density at radius 1 is 1.05 bits per heavy atom. The number of methoxy groups -OCH3 is 4. The summed E-state index contributed by atoms with van der Waals surface area (Å²) < 4.78 is 32.4.